The Bertz CT molecular complexity index is 1430. The molecule has 1 amide bonds. The molecular formula is C33H43N7O2. The lowest BCUT2D eigenvalue weighted by Gasteiger charge is -2.35. The number of carbonyl (C=O) groups is 1. The molecule has 0 aliphatic carbocycles. The summed E-state index contributed by atoms with van der Waals surface area (Å²) in [5.41, 5.74) is 3.57. The third-order valence-corrected chi connectivity index (χ3v) is 8.78. The smallest absolute Gasteiger partial charge is 0.318 e. The number of hydrogen-bond acceptors (Lipinski definition) is 8. The molecule has 9 heteroatoms. The van der Waals surface area contributed by atoms with E-state index in [9.17, 15) is 4.79 Å². The molecule has 0 N–H and O–H groups in total. The highest BCUT2D eigenvalue weighted by atomic mass is 16.5. The second kappa shape index (κ2) is 12.8. The van der Waals surface area contributed by atoms with Crippen LogP contribution in [0.25, 0.3) is 10.8 Å². The van der Waals surface area contributed by atoms with Gasteiger partial charge in [0.05, 0.1) is 5.69 Å². The van der Waals surface area contributed by atoms with E-state index in [1.165, 1.54) is 28.3 Å². The third kappa shape index (κ3) is 6.43. The molecule has 2 saturated heterocycles. The number of anilines is 1. The van der Waals surface area contributed by atoms with Crippen molar-refractivity contribution in [3.8, 4) is 6.01 Å². The van der Waals surface area contributed by atoms with Crippen LogP contribution < -0.4 is 9.64 Å². The van der Waals surface area contributed by atoms with Crippen molar-refractivity contribution >= 4 is 22.5 Å². The maximum Gasteiger partial charge on any atom is 0.318 e. The average molecular weight is 570 g/mol. The summed E-state index contributed by atoms with van der Waals surface area (Å²) in [5.74, 6) is 1.04. The summed E-state index contributed by atoms with van der Waals surface area (Å²) in [6.07, 6.45) is 5.99. The lowest BCUT2D eigenvalue weighted by molar-refractivity contribution is -0.126. The molecule has 0 bridgehead atoms. The molecule has 6 rings (SSSR count). The first kappa shape index (κ1) is 28.6. The number of aromatic nitrogens is 2. The number of ether oxygens (including phenoxy) is 1. The van der Waals surface area contributed by atoms with Crippen LogP contribution in [0.4, 0.5) is 5.82 Å². The number of fused-ring (bicyclic) bond motifs is 2. The van der Waals surface area contributed by atoms with Crippen LogP contribution in [0.3, 0.4) is 0 Å². The Labute approximate surface area is 249 Å². The predicted molar refractivity (Wildman–Crippen MR) is 167 cm³/mol. The molecule has 0 unspecified atom stereocenters. The summed E-state index contributed by atoms with van der Waals surface area (Å²) < 4.78 is 6.26. The van der Waals surface area contributed by atoms with Crippen LogP contribution in [0.1, 0.15) is 29.7 Å². The Kier molecular flexibility index (Phi) is 8.69. The minimum absolute atomic E-state index is 0.0791. The minimum Gasteiger partial charge on any atom is -0.462 e. The SMILES string of the molecule is CN(C)C/C=C/C(=O)N1CCN(c2nc(OC[C@@H]3CCCN3C)nc3c2CN(Cc2cccc4ccccc24)C3)CC1. The second-order valence-electron chi connectivity index (χ2n) is 12.1. The Hall–Kier alpha value is -3.53. The molecule has 2 aromatic carbocycles. The first-order chi connectivity index (χ1) is 20.4. The molecule has 0 spiro atoms. The number of likely N-dealkylation sites (tertiary alicyclic amines) is 1. The zero-order chi connectivity index (χ0) is 29.1. The van der Waals surface area contributed by atoms with E-state index in [2.05, 4.69) is 64.2 Å². The van der Waals surface area contributed by atoms with Gasteiger partial charge in [0.15, 0.2) is 0 Å². The van der Waals surface area contributed by atoms with Crippen molar-refractivity contribution in [3.05, 3.63) is 71.4 Å². The standard InChI is InChI=1S/C33H43N7O2/c1-36(2)15-8-14-31(41)39-17-19-40(20-18-39)32-29-22-38(21-26-11-6-10-25-9-4-5-13-28(25)26)23-30(29)34-33(35-32)42-24-27-12-7-16-37(27)3/h4-6,8-11,13-14,27H,7,12,15-24H2,1-3H3/b14-8+/t27-/m0/s1. The topological polar surface area (TPSA) is 68.3 Å². The van der Waals surface area contributed by atoms with E-state index in [0.717, 1.165) is 63.7 Å². The third-order valence-electron chi connectivity index (χ3n) is 8.78. The number of rotatable bonds is 9. The van der Waals surface area contributed by atoms with Gasteiger partial charge in [0.2, 0.25) is 5.91 Å². The van der Waals surface area contributed by atoms with Gasteiger partial charge in [-0.25, -0.2) is 0 Å². The molecule has 0 radical (unpaired) electrons. The summed E-state index contributed by atoms with van der Waals surface area (Å²) in [6, 6.07) is 16.0. The normalized spacial score (nSPS) is 19.9. The molecule has 222 valence electrons. The van der Waals surface area contributed by atoms with Crippen LogP contribution in [-0.4, -0.2) is 109 Å². The van der Waals surface area contributed by atoms with E-state index < -0.39 is 0 Å². The second-order valence-corrected chi connectivity index (χ2v) is 12.1. The molecule has 1 aromatic heterocycles. The van der Waals surface area contributed by atoms with E-state index in [1.54, 1.807) is 6.08 Å². The van der Waals surface area contributed by atoms with Gasteiger partial charge in [-0.3, -0.25) is 9.69 Å². The zero-order valence-electron chi connectivity index (χ0n) is 25.2. The molecule has 3 aromatic rings. The highest BCUT2D eigenvalue weighted by Crippen LogP contribution is 2.33. The van der Waals surface area contributed by atoms with Crippen LogP contribution in [0, 0.1) is 0 Å². The molecule has 2 fully saturated rings. The highest BCUT2D eigenvalue weighted by Gasteiger charge is 2.31. The maximum absolute atomic E-state index is 12.8. The highest BCUT2D eigenvalue weighted by molar-refractivity contribution is 5.88. The first-order valence-corrected chi connectivity index (χ1v) is 15.2. The molecule has 1 atom stereocenters. The fourth-order valence-electron chi connectivity index (χ4n) is 6.36. The predicted octanol–water partition coefficient (Wildman–Crippen LogP) is 3.39. The van der Waals surface area contributed by atoms with Crippen molar-refractivity contribution in [2.24, 2.45) is 0 Å². The average Bonchev–Trinajstić information content (AvgIpc) is 3.60. The van der Waals surface area contributed by atoms with Crippen molar-refractivity contribution in [2.45, 2.75) is 38.5 Å². The summed E-state index contributed by atoms with van der Waals surface area (Å²) in [4.78, 5) is 33.8. The number of hydrogen-bond donors (Lipinski definition) is 0. The number of amides is 1. The summed E-state index contributed by atoms with van der Waals surface area (Å²) in [5, 5.41) is 2.57. The van der Waals surface area contributed by atoms with Gasteiger partial charge in [0.25, 0.3) is 0 Å². The van der Waals surface area contributed by atoms with Crippen LogP contribution >= 0.6 is 0 Å². The molecule has 3 aliphatic rings. The van der Waals surface area contributed by atoms with E-state index in [4.69, 9.17) is 14.7 Å². The lowest BCUT2D eigenvalue weighted by atomic mass is 10.0. The van der Waals surface area contributed by atoms with E-state index >= 15 is 0 Å². The fraction of sp³-hybridized carbons (Fsp3) is 0.485. The molecule has 9 nitrogen and oxygen atoms in total. The van der Waals surface area contributed by atoms with Gasteiger partial charge in [0, 0.05) is 70.0 Å². The van der Waals surface area contributed by atoms with Gasteiger partial charge in [-0.1, -0.05) is 48.5 Å². The molecule has 3 aliphatic heterocycles. The van der Waals surface area contributed by atoms with Gasteiger partial charge in [-0.2, -0.15) is 9.97 Å². The number of likely N-dealkylation sites (N-methyl/N-ethyl adjacent to an activating group) is 2. The van der Waals surface area contributed by atoms with Crippen molar-refractivity contribution < 1.29 is 9.53 Å². The number of carbonyl (C=O) groups excluding carboxylic acids is 1. The zero-order valence-corrected chi connectivity index (χ0v) is 25.2. The van der Waals surface area contributed by atoms with Gasteiger partial charge in [0.1, 0.15) is 12.4 Å². The monoisotopic (exact) mass is 569 g/mol. The van der Waals surface area contributed by atoms with Crippen LogP contribution in [0.5, 0.6) is 6.01 Å². The van der Waals surface area contributed by atoms with Crippen molar-refractivity contribution in [3.63, 3.8) is 0 Å². The lowest BCUT2D eigenvalue weighted by Crippen LogP contribution is -2.49. The van der Waals surface area contributed by atoms with Gasteiger partial charge < -0.3 is 24.3 Å². The van der Waals surface area contributed by atoms with E-state index in [1.807, 2.05) is 30.0 Å². The number of benzene rings is 2. The van der Waals surface area contributed by atoms with Crippen molar-refractivity contribution in [1.29, 1.82) is 0 Å². The molecule has 0 saturated carbocycles. The largest absolute Gasteiger partial charge is 0.462 e. The van der Waals surface area contributed by atoms with Gasteiger partial charge in [-0.15, -0.1) is 0 Å². The molecular weight excluding hydrogens is 526 g/mol. The molecule has 4 heterocycles. The summed E-state index contributed by atoms with van der Waals surface area (Å²) in [6.45, 7) is 7.72. The van der Waals surface area contributed by atoms with Gasteiger partial charge in [-0.05, 0) is 56.9 Å². The minimum atomic E-state index is 0.0791. The fourth-order valence-corrected chi connectivity index (χ4v) is 6.36. The van der Waals surface area contributed by atoms with Crippen LogP contribution in [-0.2, 0) is 24.4 Å². The van der Waals surface area contributed by atoms with Crippen molar-refractivity contribution in [2.75, 3.05) is 71.9 Å². The van der Waals surface area contributed by atoms with E-state index in [0.29, 0.717) is 31.7 Å². The number of piperazine rings is 1. The quantitative estimate of drug-likeness (QED) is 0.364. The van der Waals surface area contributed by atoms with Crippen LogP contribution in [0.2, 0.25) is 0 Å². The summed E-state index contributed by atoms with van der Waals surface area (Å²) >= 11 is 0. The first-order valence-electron chi connectivity index (χ1n) is 15.2. The van der Waals surface area contributed by atoms with Crippen molar-refractivity contribution in [1.82, 2.24) is 29.6 Å². The Morgan fingerprint density at radius 1 is 1.02 bits per heavy atom. The maximum atomic E-state index is 12.8. The van der Waals surface area contributed by atoms with E-state index in [-0.39, 0.29) is 5.91 Å². The Balaban J connectivity index is 1.20. The summed E-state index contributed by atoms with van der Waals surface area (Å²) in [7, 11) is 6.17. The van der Waals surface area contributed by atoms with Gasteiger partial charge >= 0.3 is 6.01 Å². The number of nitrogens with zero attached hydrogens (tertiary/aromatic N) is 7. The Morgan fingerprint density at radius 2 is 1.83 bits per heavy atom. The Morgan fingerprint density at radius 3 is 2.62 bits per heavy atom. The molecule has 42 heavy (non-hydrogen) atoms. The van der Waals surface area contributed by atoms with Crippen LogP contribution in [0.15, 0.2) is 54.6 Å².